The van der Waals surface area contributed by atoms with Gasteiger partial charge in [-0.2, -0.15) is 0 Å². The van der Waals surface area contributed by atoms with E-state index in [1.807, 2.05) is 19.1 Å². The fourth-order valence-corrected chi connectivity index (χ4v) is 3.44. The number of rotatable bonds is 4. The van der Waals surface area contributed by atoms with Crippen molar-refractivity contribution in [2.75, 3.05) is 18.9 Å². The Kier molecular flexibility index (Phi) is 5.74. The van der Waals surface area contributed by atoms with Gasteiger partial charge >= 0.3 is 0 Å². The van der Waals surface area contributed by atoms with Crippen molar-refractivity contribution in [1.29, 1.82) is 0 Å². The normalized spacial score (nSPS) is 10.8. The van der Waals surface area contributed by atoms with Gasteiger partial charge in [0.15, 0.2) is 0 Å². The molecular formula is C21H19BrFN3O2. The summed E-state index contributed by atoms with van der Waals surface area (Å²) < 4.78 is 14.4. The highest BCUT2D eigenvalue weighted by molar-refractivity contribution is 9.10. The molecule has 0 fully saturated rings. The van der Waals surface area contributed by atoms with Gasteiger partial charge in [-0.05, 0) is 55.8 Å². The average molecular weight is 444 g/mol. The predicted octanol–water partition coefficient (Wildman–Crippen LogP) is 4.46. The number of carbonyl (C=O) groups excluding carboxylic acids is 2. The third-order valence-electron chi connectivity index (χ3n) is 4.32. The van der Waals surface area contributed by atoms with Crippen LogP contribution < -0.4 is 5.32 Å². The van der Waals surface area contributed by atoms with Crippen LogP contribution in [-0.4, -0.2) is 35.3 Å². The molecule has 0 aliphatic rings. The minimum atomic E-state index is -0.415. The quantitative estimate of drug-likeness (QED) is 0.646. The van der Waals surface area contributed by atoms with E-state index in [0.717, 1.165) is 10.0 Å². The predicted molar refractivity (Wildman–Crippen MR) is 111 cm³/mol. The largest absolute Gasteiger partial charge is 0.332 e. The van der Waals surface area contributed by atoms with E-state index in [0.29, 0.717) is 27.8 Å². The fourth-order valence-electron chi connectivity index (χ4n) is 2.96. The van der Waals surface area contributed by atoms with Crippen molar-refractivity contribution in [3.63, 3.8) is 0 Å². The van der Waals surface area contributed by atoms with Crippen molar-refractivity contribution in [1.82, 2.24) is 9.88 Å². The van der Waals surface area contributed by atoms with E-state index in [2.05, 4.69) is 26.2 Å². The van der Waals surface area contributed by atoms with Crippen LogP contribution >= 0.6 is 15.9 Å². The van der Waals surface area contributed by atoms with Crippen LogP contribution in [0.3, 0.4) is 0 Å². The molecule has 2 amide bonds. The Balaban J connectivity index is 1.79. The van der Waals surface area contributed by atoms with Gasteiger partial charge in [-0.15, -0.1) is 0 Å². The van der Waals surface area contributed by atoms with E-state index >= 15 is 0 Å². The number of aryl methyl sites for hydroxylation is 2. The van der Waals surface area contributed by atoms with Crippen LogP contribution in [-0.2, 0) is 4.79 Å². The summed E-state index contributed by atoms with van der Waals surface area (Å²) >= 11 is 3.38. The smallest absolute Gasteiger partial charge is 0.254 e. The Hall–Kier alpha value is -2.80. The molecule has 3 rings (SSSR count). The second-order valence-electron chi connectivity index (χ2n) is 6.64. The first-order chi connectivity index (χ1) is 13.2. The lowest BCUT2D eigenvalue weighted by Gasteiger charge is -2.19. The van der Waals surface area contributed by atoms with E-state index in [1.165, 1.54) is 23.1 Å². The lowest BCUT2D eigenvalue weighted by Crippen LogP contribution is -2.35. The lowest BCUT2D eigenvalue weighted by atomic mass is 10.1. The van der Waals surface area contributed by atoms with Crippen LogP contribution in [0.5, 0.6) is 0 Å². The molecule has 0 aliphatic heterocycles. The first-order valence-electron chi connectivity index (χ1n) is 8.63. The van der Waals surface area contributed by atoms with Gasteiger partial charge in [-0.1, -0.05) is 15.9 Å². The van der Waals surface area contributed by atoms with E-state index in [4.69, 9.17) is 0 Å². The van der Waals surface area contributed by atoms with E-state index in [1.54, 1.807) is 26.1 Å². The first kappa shape index (κ1) is 19.9. The second kappa shape index (κ2) is 8.06. The SMILES string of the molecule is Cc1cc(C(=O)N(C)CC(=O)Nc2ccc(Br)cc2C)c2ccc(F)cc2n1. The number of carbonyl (C=O) groups is 2. The number of aromatic nitrogens is 1. The summed E-state index contributed by atoms with van der Waals surface area (Å²) in [4.78, 5) is 30.9. The molecule has 1 heterocycles. The second-order valence-corrected chi connectivity index (χ2v) is 7.56. The van der Waals surface area contributed by atoms with Crippen LogP contribution in [0, 0.1) is 19.7 Å². The number of halogens is 2. The standard InChI is InChI=1S/C21H19BrFN3O2/c1-12-8-14(22)4-7-18(12)25-20(27)11-26(3)21(28)17-9-13(2)24-19-10-15(23)5-6-16(17)19/h4-10H,11H2,1-3H3,(H,25,27). The number of amides is 2. The molecule has 1 aromatic heterocycles. The number of pyridine rings is 1. The van der Waals surface area contributed by atoms with Crippen LogP contribution in [0.1, 0.15) is 21.6 Å². The first-order valence-corrected chi connectivity index (χ1v) is 9.42. The zero-order chi connectivity index (χ0) is 20.4. The molecule has 0 spiro atoms. The Morgan fingerprint density at radius 1 is 1.14 bits per heavy atom. The van der Waals surface area contributed by atoms with E-state index in [9.17, 15) is 14.0 Å². The molecule has 0 radical (unpaired) electrons. The van der Waals surface area contributed by atoms with Crippen molar-refractivity contribution < 1.29 is 14.0 Å². The van der Waals surface area contributed by atoms with Gasteiger partial charge in [0.05, 0.1) is 17.6 Å². The number of hydrogen-bond donors (Lipinski definition) is 1. The van der Waals surface area contributed by atoms with Gasteiger partial charge in [0, 0.05) is 34.4 Å². The molecule has 0 atom stereocenters. The third kappa shape index (κ3) is 4.36. The van der Waals surface area contributed by atoms with Gasteiger partial charge in [-0.3, -0.25) is 14.6 Å². The Morgan fingerprint density at radius 3 is 2.61 bits per heavy atom. The lowest BCUT2D eigenvalue weighted by molar-refractivity contribution is -0.116. The molecule has 144 valence electrons. The minimum absolute atomic E-state index is 0.113. The molecule has 28 heavy (non-hydrogen) atoms. The highest BCUT2D eigenvalue weighted by Crippen LogP contribution is 2.22. The number of benzene rings is 2. The Bertz CT molecular complexity index is 1080. The van der Waals surface area contributed by atoms with Gasteiger partial charge < -0.3 is 10.2 Å². The summed E-state index contributed by atoms with van der Waals surface area (Å²) in [5.74, 6) is -1.05. The third-order valence-corrected chi connectivity index (χ3v) is 4.81. The fraction of sp³-hybridized carbons (Fsp3) is 0.190. The zero-order valence-electron chi connectivity index (χ0n) is 15.7. The van der Waals surface area contributed by atoms with Crippen molar-refractivity contribution in [2.45, 2.75) is 13.8 Å². The monoisotopic (exact) mass is 443 g/mol. The molecule has 0 saturated heterocycles. The summed E-state index contributed by atoms with van der Waals surface area (Å²) in [6.45, 7) is 3.52. The molecular weight excluding hydrogens is 425 g/mol. The van der Waals surface area contributed by atoms with E-state index < -0.39 is 5.82 Å². The van der Waals surface area contributed by atoms with E-state index in [-0.39, 0.29) is 18.4 Å². The topological polar surface area (TPSA) is 62.3 Å². The number of likely N-dealkylation sites (N-methyl/N-ethyl adjacent to an activating group) is 1. The van der Waals surface area contributed by atoms with Crippen LogP contribution in [0.2, 0.25) is 0 Å². The number of nitrogens with one attached hydrogen (secondary N) is 1. The van der Waals surface area contributed by atoms with Crippen LogP contribution in [0.25, 0.3) is 10.9 Å². The van der Waals surface area contributed by atoms with Crippen molar-refractivity contribution in [3.05, 3.63) is 69.6 Å². The van der Waals surface area contributed by atoms with Crippen molar-refractivity contribution >= 4 is 44.3 Å². The Morgan fingerprint density at radius 2 is 1.89 bits per heavy atom. The summed E-state index contributed by atoms with van der Waals surface area (Å²) in [6, 6.07) is 11.3. The summed E-state index contributed by atoms with van der Waals surface area (Å²) in [7, 11) is 1.56. The molecule has 0 aliphatic carbocycles. The molecule has 2 aromatic carbocycles. The van der Waals surface area contributed by atoms with Crippen LogP contribution in [0.4, 0.5) is 10.1 Å². The number of nitrogens with zero attached hydrogens (tertiary/aromatic N) is 2. The van der Waals surface area contributed by atoms with Crippen molar-refractivity contribution in [2.24, 2.45) is 0 Å². The Labute approximate surface area is 170 Å². The van der Waals surface area contributed by atoms with Crippen LogP contribution in [0.15, 0.2) is 46.9 Å². The van der Waals surface area contributed by atoms with Gasteiger partial charge in [-0.25, -0.2) is 4.39 Å². The maximum absolute atomic E-state index is 13.5. The molecule has 0 bridgehead atoms. The highest BCUT2D eigenvalue weighted by atomic mass is 79.9. The average Bonchev–Trinajstić information content (AvgIpc) is 2.62. The van der Waals surface area contributed by atoms with Gasteiger partial charge in [0.2, 0.25) is 5.91 Å². The number of hydrogen-bond acceptors (Lipinski definition) is 3. The highest BCUT2D eigenvalue weighted by Gasteiger charge is 2.19. The molecule has 5 nitrogen and oxygen atoms in total. The minimum Gasteiger partial charge on any atom is -0.332 e. The van der Waals surface area contributed by atoms with Crippen molar-refractivity contribution in [3.8, 4) is 0 Å². The van der Waals surface area contributed by atoms with Gasteiger partial charge in [0.1, 0.15) is 5.82 Å². The number of anilines is 1. The molecule has 1 N–H and O–H groups in total. The summed E-state index contributed by atoms with van der Waals surface area (Å²) in [5, 5.41) is 3.36. The molecule has 0 saturated carbocycles. The van der Waals surface area contributed by atoms with Gasteiger partial charge in [0.25, 0.3) is 5.91 Å². The maximum atomic E-state index is 13.5. The summed E-state index contributed by atoms with van der Waals surface area (Å²) in [6.07, 6.45) is 0. The number of fused-ring (bicyclic) bond motifs is 1. The maximum Gasteiger partial charge on any atom is 0.254 e. The molecule has 3 aromatic rings. The summed E-state index contributed by atoms with van der Waals surface area (Å²) in [5.41, 5.74) is 3.00. The molecule has 7 heteroatoms. The zero-order valence-corrected chi connectivity index (χ0v) is 17.3. The molecule has 0 unspecified atom stereocenters.